The Morgan fingerprint density at radius 1 is 0.680 bits per heavy atom. The maximum Gasteiger partial charge on any atom is 0.342 e. The number of hydrogen-bond donors (Lipinski definition) is 0. The molecule has 25 heavy (non-hydrogen) atoms. The molecule has 0 fully saturated rings. The van der Waals surface area contributed by atoms with Gasteiger partial charge < -0.3 is 25.9 Å². The smallest absolute Gasteiger partial charge is 0.342 e. The number of hydrogen-bond acceptors (Lipinski definition) is 6. The van der Waals surface area contributed by atoms with Crippen LogP contribution in [0.1, 0.15) is 13.3 Å². The number of ether oxygens (including phenoxy) is 2. The summed E-state index contributed by atoms with van der Waals surface area (Å²) >= 11 is 0. The average molecular weight is 445 g/mol. The molecule has 0 aromatic carbocycles. The zero-order chi connectivity index (χ0) is 19.5. The van der Waals surface area contributed by atoms with E-state index in [9.17, 15) is 0 Å². The van der Waals surface area contributed by atoms with Crippen LogP contribution in [0.4, 0.5) is 0 Å². The molecule has 2 unspecified atom stereocenters. The molecule has 0 heterocycles. The third kappa shape index (κ3) is 14.6. The second-order valence-electron chi connectivity index (χ2n) is 7.34. The largest absolute Gasteiger partial charge is 0.440 e. The van der Waals surface area contributed by atoms with Gasteiger partial charge in [0.1, 0.15) is 0 Å². The minimum atomic E-state index is -2.39. The molecular weight excluding hydrogens is 405 g/mol. The SMILES string of the molecule is CCCOCCOC[Si](C)(O[SiH](C)C)O[SiH](C)O[Si](C)(C)O[SiH](C)C. The molecule has 0 rings (SSSR count). The molecule has 0 bridgehead atoms. The lowest BCUT2D eigenvalue weighted by Gasteiger charge is -2.35. The molecule has 0 N–H and O–H groups in total. The minimum absolute atomic E-state index is 0.524. The van der Waals surface area contributed by atoms with Gasteiger partial charge in [-0.3, -0.25) is 0 Å². The van der Waals surface area contributed by atoms with Gasteiger partial charge in [-0.2, -0.15) is 0 Å². The van der Waals surface area contributed by atoms with Crippen molar-refractivity contribution in [3.8, 4) is 0 Å². The molecule has 0 saturated carbocycles. The predicted molar refractivity (Wildman–Crippen MR) is 116 cm³/mol. The lowest BCUT2D eigenvalue weighted by molar-refractivity contribution is 0.0562. The highest BCUT2D eigenvalue weighted by atomic mass is 28.5. The van der Waals surface area contributed by atoms with Crippen molar-refractivity contribution in [2.24, 2.45) is 0 Å². The Bertz CT molecular complexity index is 348. The molecule has 11 heteroatoms. The van der Waals surface area contributed by atoms with Crippen molar-refractivity contribution in [2.45, 2.75) is 65.7 Å². The summed E-state index contributed by atoms with van der Waals surface area (Å²) in [5, 5.41) is 0. The zero-order valence-corrected chi connectivity index (χ0v) is 23.2. The standard InChI is InChI=1S/C14H40O6Si5/c1-10-11-15-12-13-16-14-25(9,18-22(4)5)20-23(6)19-24(7,8)17-21(2)3/h21-23H,10-14H2,1-9H3. The van der Waals surface area contributed by atoms with Gasteiger partial charge in [-0.15, -0.1) is 0 Å². The van der Waals surface area contributed by atoms with Crippen molar-refractivity contribution in [3.63, 3.8) is 0 Å². The van der Waals surface area contributed by atoms with E-state index in [1.165, 1.54) is 0 Å². The topological polar surface area (TPSA) is 55.4 Å². The Hall–Kier alpha value is 0.844. The van der Waals surface area contributed by atoms with Crippen molar-refractivity contribution < 1.29 is 25.9 Å². The molecule has 0 spiro atoms. The van der Waals surface area contributed by atoms with E-state index in [4.69, 9.17) is 25.9 Å². The van der Waals surface area contributed by atoms with Crippen LogP contribution in [0.3, 0.4) is 0 Å². The first-order valence-electron chi connectivity index (χ1n) is 9.36. The highest BCUT2D eigenvalue weighted by molar-refractivity contribution is 6.82. The van der Waals surface area contributed by atoms with Gasteiger partial charge in [0.2, 0.25) is 0 Å². The quantitative estimate of drug-likeness (QED) is 0.286. The van der Waals surface area contributed by atoms with E-state index in [1.807, 2.05) is 0 Å². The summed E-state index contributed by atoms with van der Waals surface area (Å²) < 4.78 is 36.2. The van der Waals surface area contributed by atoms with Crippen LogP contribution in [-0.2, 0) is 25.9 Å². The number of rotatable bonds is 15. The molecule has 0 aliphatic carbocycles. The van der Waals surface area contributed by atoms with Gasteiger partial charge in [-0.25, -0.2) is 0 Å². The Labute approximate surface area is 162 Å². The third-order valence-electron chi connectivity index (χ3n) is 2.95. The molecule has 6 nitrogen and oxygen atoms in total. The highest BCUT2D eigenvalue weighted by Gasteiger charge is 2.38. The Balaban J connectivity index is 4.52. The lowest BCUT2D eigenvalue weighted by atomic mass is 10.5. The maximum atomic E-state index is 6.37. The van der Waals surface area contributed by atoms with Crippen molar-refractivity contribution >= 4 is 44.5 Å². The van der Waals surface area contributed by atoms with E-state index in [0.717, 1.165) is 13.0 Å². The summed E-state index contributed by atoms with van der Waals surface area (Å²) in [7, 11) is -8.66. The summed E-state index contributed by atoms with van der Waals surface area (Å²) in [4.78, 5) is 0. The van der Waals surface area contributed by atoms with E-state index < -0.39 is 44.5 Å². The van der Waals surface area contributed by atoms with Crippen LogP contribution in [0.15, 0.2) is 0 Å². The van der Waals surface area contributed by atoms with Gasteiger partial charge in [0.15, 0.2) is 18.1 Å². The average Bonchev–Trinajstić information content (AvgIpc) is 2.38. The maximum absolute atomic E-state index is 6.37. The van der Waals surface area contributed by atoms with E-state index in [0.29, 0.717) is 19.4 Å². The van der Waals surface area contributed by atoms with Gasteiger partial charge in [0.05, 0.1) is 19.4 Å². The molecule has 0 aromatic heterocycles. The molecule has 2 atom stereocenters. The molecule has 0 radical (unpaired) electrons. The lowest BCUT2D eigenvalue weighted by Crippen LogP contribution is -2.53. The molecule has 0 aliphatic heterocycles. The predicted octanol–water partition coefficient (Wildman–Crippen LogP) is 2.63. The fraction of sp³-hybridized carbons (Fsp3) is 1.00. The van der Waals surface area contributed by atoms with Crippen LogP contribution in [0.2, 0.25) is 52.4 Å². The summed E-state index contributed by atoms with van der Waals surface area (Å²) in [5.74, 6) is 0. The first kappa shape index (κ1) is 25.8. The molecule has 152 valence electrons. The summed E-state index contributed by atoms with van der Waals surface area (Å²) in [6, 6.07) is 0. The van der Waals surface area contributed by atoms with Gasteiger partial charge >= 0.3 is 26.4 Å². The van der Waals surface area contributed by atoms with Gasteiger partial charge in [-0.1, -0.05) is 6.92 Å². The Kier molecular flexibility index (Phi) is 13.5. The molecule has 0 amide bonds. The van der Waals surface area contributed by atoms with Crippen LogP contribution in [-0.4, -0.2) is 70.5 Å². The summed E-state index contributed by atoms with van der Waals surface area (Å²) in [5.41, 5.74) is 0. The molecule has 0 aliphatic rings. The van der Waals surface area contributed by atoms with Gasteiger partial charge in [0, 0.05) is 6.61 Å². The van der Waals surface area contributed by atoms with Gasteiger partial charge in [-0.05, 0) is 58.8 Å². The van der Waals surface area contributed by atoms with E-state index in [1.54, 1.807) is 0 Å². The van der Waals surface area contributed by atoms with E-state index >= 15 is 0 Å². The first-order chi connectivity index (χ1) is 11.5. The fourth-order valence-electron chi connectivity index (χ4n) is 2.59. The molecule has 0 saturated heterocycles. The Morgan fingerprint density at radius 2 is 1.24 bits per heavy atom. The van der Waals surface area contributed by atoms with Crippen molar-refractivity contribution in [1.82, 2.24) is 0 Å². The van der Waals surface area contributed by atoms with E-state index in [-0.39, 0.29) is 0 Å². The van der Waals surface area contributed by atoms with Crippen LogP contribution in [0.5, 0.6) is 0 Å². The van der Waals surface area contributed by atoms with Crippen molar-refractivity contribution in [3.05, 3.63) is 0 Å². The third-order valence-corrected chi connectivity index (χ3v) is 18.6. The van der Waals surface area contributed by atoms with Crippen LogP contribution in [0, 0.1) is 0 Å². The highest BCUT2D eigenvalue weighted by Crippen LogP contribution is 2.16. The second kappa shape index (κ2) is 13.1. The van der Waals surface area contributed by atoms with Crippen molar-refractivity contribution in [2.75, 3.05) is 26.1 Å². The van der Waals surface area contributed by atoms with Crippen molar-refractivity contribution in [1.29, 1.82) is 0 Å². The summed E-state index contributed by atoms with van der Waals surface area (Å²) in [6.45, 7) is 21.1. The minimum Gasteiger partial charge on any atom is -0.440 e. The Morgan fingerprint density at radius 3 is 1.76 bits per heavy atom. The van der Waals surface area contributed by atoms with E-state index in [2.05, 4.69) is 59.3 Å². The van der Waals surface area contributed by atoms with Crippen LogP contribution in [0.25, 0.3) is 0 Å². The van der Waals surface area contributed by atoms with Crippen LogP contribution >= 0.6 is 0 Å². The summed E-state index contributed by atoms with van der Waals surface area (Å²) in [6.07, 6.45) is 1.55. The molecular formula is C14H40O6Si5. The van der Waals surface area contributed by atoms with Crippen LogP contribution < -0.4 is 0 Å². The zero-order valence-electron chi connectivity index (χ0n) is 17.7. The molecule has 0 aromatic rings. The first-order valence-corrected chi connectivity index (χ1v) is 22.4. The fourth-order valence-corrected chi connectivity index (χ4v) is 20.3. The second-order valence-corrected chi connectivity index (χ2v) is 21.8. The normalized spacial score (nSPS) is 16.4. The monoisotopic (exact) mass is 444 g/mol. The van der Waals surface area contributed by atoms with Gasteiger partial charge in [0.25, 0.3) is 0 Å².